The number of fused-ring (bicyclic) bond motifs is 1. The normalized spacial score (nSPS) is 22.0. The fourth-order valence-corrected chi connectivity index (χ4v) is 3.78. The number of aromatic nitrogens is 1. The zero-order valence-electron chi connectivity index (χ0n) is 15.5. The molecule has 8 heteroatoms. The summed E-state index contributed by atoms with van der Waals surface area (Å²) in [5.41, 5.74) is 7.79. The van der Waals surface area contributed by atoms with E-state index >= 15 is 0 Å². The Morgan fingerprint density at radius 2 is 2.14 bits per heavy atom. The van der Waals surface area contributed by atoms with Gasteiger partial charge < -0.3 is 15.0 Å². The van der Waals surface area contributed by atoms with Gasteiger partial charge in [0.1, 0.15) is 11.9 Å². The molecule has 1 amide bonds. The number of hydrogen-bond acceptors (Lipinski definition) is 7. The molecular weight excluding hydrogens is 362 g/mol. The first-order chi connectivity index (χ1) is 13.5. The van der Waals surface area contributed by atoms with Crippen molar-refractivity contribution >= 4 is 23.3 Å². The number of cyclic esters (lactones) is 1. The molecule has 1 saturated heterocycles. The third-order valence-corrected chi connectivity index (χ3v) is 5.26. The van der Waals surface area contributed by atoms with Crippen LogP contribution in [0, 0.1) is 12.8 Å². The zero-order valence-corrected chi connectivity index (χ0v) is 15.5. The Labute approximate surface area is 161 Å². The SMILES string of the molecule is Cc1cc(C(=O)C2CCCc3cc(N4C[C@H](CN)OC4=O)ccc3C2=O)no1. The largest absolute Gasteiger partial charge is 0.443 e. The van der Waals surface area contributed by atoms with Crippen molar-refractivity contribution in [3.63, 3.8) is 0 Å². The van der Waals surface area contributed by atoms with Crippen LogP contribution in [0.5, 0.6) is 0 Å². The highest BCUT2D eigenvalue weighted by molar-refractivity contribution is 6.16. The van der Waals surface area contributed by atoms with Gasteiger partial charge in [0, 0.05) is 23.9 Å². The smallest absolute Gasteiger partial charge is 0.414 e. The Hall–Kier alpha value is -3.00. The summed E-state index contributed by atoms with van der Waals surface area (Å²) in [6.45, 7) is 2.35. The molecule has 2 N–H and O–H groups in total. The standard InChI is InChI=1S/C20H21N3O5/c1-11-7-17(22-28-11)19(25)16-4-2-3-12-8-13(5-6-15(12)18(16)24)23-10-14(9-21)27-20(23)26/h5-8,14,16H,2-4,9-10,21H2,1H3/t14-,16?/m0/s1. The summed E-state index contributed by atoms with van der Waals surface area (Å²) in [6.07, 6.45) is 1.02. The van der Waals surface area contributed by atoms with Crippen molar-refractivity contribution < 1.29 is 23.6 Å². The third kappa shape index (κ3) is 3.20. The highest BCUT2D eigenvalue weighted by atomic mass is 16.6. The summed E-state index contributed by atoms with van der Waals surface area (Å²) in [5.74, 6) is -0.765. The van der Waals surface area contributed by atoms with Crippen molar-refractivity contribution in [1.82, 2.24) is 5.16 Å². The van der Waals surface area contributed by atoms with E-state index in [9.17, 15) is 14.4 Å². The van der Waals surface area contributed by atoms with Gasteiger partial charge >= 0.3 is 6.09 Å². The van der Waals surface area contributed by atoms with Crippen LogP contribution in [0.4, 0.5) is 10.5 Å². The highest BCUT2D eigenvalue weighted by Crippen LogP contribution is 2.31. The maximum Gasteiger partial charge on any atom is 0.414 e. The lowest BCUT2D eigenvalue weighted by Gasteiger charge is -2.16. The molecule has 1 unspecified atom stereocenters. The molecule has 1 aliphatic heterocycles. The van der Waals surface area contributed by atoms with Gasteiger partial charge in [-0.15, -0.1) is 0 Å². The summed E-state index contributed by atoms with van der Waals surface area (Å²) in [7, 11) is 0. The van der Waals surface area contributed by atoms with Crippen LogP contribution < -0.4 is 10.6 Å². The first-order valence-corrected chi connectivity index (χ1v) is 9.31. The predicted octanol–water partition coefficient (Wildman–Crippen LogP) is 2.29. The number of rotatable bonds is 4. The number of aryl methyl sites for hydroxylation is 2. The van der Waals surface area contributed by atoms with E-state index in [1.165, 1.54) is 4.90 Å². The van der Waals surface area contributed by atoms with Gasteiger partial charge in [-0.2, -0.15) is 0 Å². The van der Waals surface area contributed by atoms with Gasteiger partial charge in [-0.25, -0.2) is 4.79 Å². The van der Waals surface area contributed by atoms with Crippen LogP contribution in [0.25, 0.3) is 0 Å². The molecule has 0 spiro atoms. The molecule has 1 aromatic carbocycles. The number of amides is 1. The Morgan fingerprint density at radius 1 is 1.32 bits per heavy atom. The number of Topliss-reactive ketones (excluding diaryl/α,β-unsaturated/α-hetero) is 2. The average molecular weight is 383 g/mol. The van der Waals surface area contributed by atoms with Gasteiger partial charge in [0.25, 0.3) is 0 Å². The summed E-state index contributed by atoms with van der Waals surface area (Å²) in [4.78, 5) is 39.4. The van der Waals surface area contributed by atoms with Crippen molar-refractivity contribution in [2.75, 3.05) is 18.0 Å². The Morgan fingerprint density at radius 3 is 2.82 bits per heavy atom. The number of carbonyl (C=O) groups excluding carboxylic acids is 3. The Kier molecular flexibility index (Phi) is 4.72. The highest BCUT2D eigenvalue weighted by Gasteiger charge is 2.35. The summed E-state index contributed by atoms with van der Waals surface area (Å²) < 4.78 is 10.2. The van der Waals surface area contributed by atoms with Crippen molar-refractivity contribution in [2.45, 2.75) is 32.3 Å². The average Bonchev–Trinajstić information content (AvgIpc) is 3.25. The second kappa shape index (κ2) is 7.20. The predicted molar refractivity (Wildman–Crippen MR) is 99.4 cm³/mol. The van der Waals surface area contributed by atoms with Crippen LogP contribution in [-0.2, 0) is 11.2 Å². The van der Waals surface area contributed by atoms with E-state index in [0.29, 0.717) is 42.8 Å². The molecule has 2 aromatic rings. The Bertz CT molecular complexity index is 951. The molecule has 1 aliphatic carbocycles. The second-order valence-electron chi connectivity index (χ2n) is 7.19. The number of nitrogens with two attached hydrogens (primary N) is 1. The number of anilines is 1. The van der Waals surface area contributed by atoms with Crippen LogP contribution in [0.1, 0.15) is 45.0 Å². The first kappa shape index (κ1) is 18.4. The molecule has 8 nitrogen and oxygen atoms in total. The molecule has 1 fully saturated rings. The van der Waals surface area contributed by atoms with E-state index in [1.54, 1.807) is 25.1 Å². The molecule has 4 rings (SSSR count). The third-order valence-electron chi connectivity index (χ3n) is 5.26. The zero-order chi connectivity index (χ0) is 19.8. The Balaban J connectivity index is 1.61. The lowest BCUT2D eigenvalue weighted by atomic mass is 9.90. The van der Waals surface area contributed by atoms with E-state index in [1.807, 2.05) is 6.07 Å². The molecule has 28 heavy (non-hydrogen) atoms. The summed E-state index contributed by atoms with van der Waals surface area (Å²) in [6, 6.07) is 6.79. The van der Waals surface area contributed by atoms with Crippen molar-refractivity contribution in [1.29, 1.82) is 0 Å². The first-order valence-electron chi connectivity index (χ1n) is 9.31. The van der Waals surface area contributed by atoms with E-state index in [4.69, 9.17) is 15.0 Å². The van der Waals surface area contributed by atoms with Gasteiger partial charge in [-0.05, 0) is 49.9 Å². The number of benzene rings is 1. The quantitative estimate of drug-likeness (QED) is 0.489. The molecule has 1 aromatic heterocycles. The monoisotopic (exact) mass is 383 g/mol. The molecule has 2 heterocycles. The maximum absolute atomic E-state index is 13.1. The maximum atomic E-state index is 13.1. The number of carbonyl (C=O) groups is 3. The van der Waals surface area contributed by atoms with E-state index in [-0.39, 0.29) is 29.9 Å². The molecule has 2 aliphatic rings. The summed E-state index contributed by atoms with van der Waals surface area (Å²) in [5, 5.41) is 3.76. The van der Waals surface area contributed by atoms with Gasteiger partial charge in [0.05, 0.1) is 12.5 Å². The molecule has 0 bridgehead atoms. The number of nitrogens with zero attached hydrogens (tertiary/aromatic N) is 2. The van der Waals surface area contributed by atoms with Gasteiger partial charge in [0.2, 0.25) is 0 Å². The molecular formula is C20H21N3O5. The molecule has 0 radical (unpaired) electrons. The van der Waals surface area contributed by atoms with Crippen molar-refractivity contribution in [3.05, 3.63) is 46.8 Å². The number of ketones is 2. The van der Waals surface area contributed by atoms with E-state index in [0.717, 1.165) is 5.56 Å². The van der Waals surface area contributed by atoms with E-state index in [2.05, 4.69) is 5.16 Å². The van der Waals surface area contributed by atoms with Gasteiger partial charge in [0.15, 0.2) is 17.3 Å². The fourth-order valence-electron chi connectivity index (χ4n) is 3.78. The van der Waals surface area contributed by atoms with Crippen molar-refractivity contribution in [3.8, 4) is 0 Å². The van der Waals surface area contributed by atoms with Crippen LogP contribution >= 0.6 is 0 Å². The number of ether oxygens (including phenoxy) is 1. The fraction of sp³-hybridized carbons (Fsp3) is 0.400. The molecule has 2 atom stereocenters. The summed E-state index contributed by atoms with van der Waals surface area (Å²) >= 11 is 0. The van der Waals surface area contributed by atoms with Crippen LogP contribution in [-0.4, -0.2) is 42.0 Å². The lowest BCUT2D eigenvalue weighted by molar-refractivity contribution is 0.0796. The van der Waals surface area contributed by atoms with Gasteiger partial charge in [-0.1, -0.05) is 5.16 Å². The van der Waals surface area contributed by atoms with Gasteiger partial charge in [-0.3, -0.25) is 14.5 Å². The van der Waals surface area contributed by atoms with E-state index < -0.39 is 12.0 Å². The number of hydrogen-bond donors (Lipinski definition) is 1. The van der Waals surface area contributed by atoms with Crippen molar-refractivity contribution in [2.24, 2.45) is 11.7 Å². The van der Waals surface area contributed by atoms with Crippen LogP contribution in [0.15, 0.2) is 28.8 Å². The minimum absolute atomic E-state index is 0.184. The second-order valence-corrected chi connectivity index (χ2v) is 7.19. The minimum atomic E-state index is -0.769. The molecule has 146 valence electrons. The minimum Gasteiger partial charge on any atom is -0.443 e. The lowest BCUT2D eigenvalue weighted by Crippen LogP contribution is -2.27. The molecule has 0 saturated carbocycles. The topological polar surface area (TPSA) is 116 Å². The van der Waals surface area contributed by atoms with Crippen LogP contribution in [0.3, 0.4) is 0 Å². The van der Waals surface area contributed by atoms with Crippen LogP contribution in [0.2, 0.25) is 0 Å².